The third-order valence-corrected chi connectivity index (χ3v) is 3.81. The maximum absolute atomic E-state index is 9.29. The van der Waals surface area contributed by atoms with E-state index in [4.69, 9.17) is 0 Å². The van der Waals surface area contributed by atoms with Crippen LogP contribution in [0, 0.1) is 0 Å². The minimum Gasteiger partial charge on any atom is -0.299 e. The fraction of sp³-hybridized carbons (Fsp3) is 1.00. The normalized spacial score (nSPS) is 28.8. The Morgan fingerprint density at radius 1 is 1.18 bits per heavy atom. The van der Waals surface area contributed by atoms with Crippen molar-refractivity contribution in [2.24, 2.45) is 0 Å². The van der Waals surface area contributed by atoms with Gasteiger partial charge in [-0.25, -0.2) is 0 Å². The predicted octanol–water partition coefficient (Wildman–Crippen LogP) is 1.46. The van der Waals surface area contributed by atoms with E-state index in [0.717, 1.165) is 13.1 Å². The van der Waals surface area contributed by atoms with Crippen LogP contribution in [-0.4, -0.2) is 44.6 Å². The second kappa shape index (κ2) is 3.31. The minimum atomic E-state index is -2.19. The van der Waals surface area contributed by atoms with E-state index in [-0.39, 0.29) is 0 Å². The molecule has 1 rings (SSSR count). The zero-order valence-corrected chi connectivity index (χ0v) is 7.97. The number of hydrogen-bond donors (Lipinski definition) is 2. The Hall–Kier alpha value is 0.230. The van der Waals surface area contributed by atoms with Crippen molar-refractivity contribution in [3.63, 3.8) is 0 Å². The van der Waals surface area contributed by atoms with E-state index in [9.17, 15) is 9.11 Å². The lowest BCUT2D eigenvalue weighted by atomic mass is 10.3. The fourth-order valence-corrected chi connectivity index (χ4v) is 2.52. The van der Waals surface area contributed by atoms with E-state index in [0.29, 0.717) is 17.5 Å². The first-order valence-electron chi connectivity index (χ1n) is 3.99. The second-order valence-corrected chi connectivity index (χ2v) is 5.76. The lowest BCUT2D eigenvalue weighted by molar-refractivity contribution is 0.234. The molecule has 11 heavy (non-hydrogen) atoms. The topological polar surface area (TPSA) is 43.7 Å². The zero-order chi connectivity index (χ0) is 8.48. The molecule has 0 amide bonds. The standard InChI is InChI=1S/C7H17NO2S/c1-7(2)8-3-5-11(9,10)6-4-8/h7,9-10H,3-6H2,1-2H3. The Morgan fingerprint density at radius 2 is 1.64 bits per heavy atom. The summed E-state index contributed by atoms with van der Waals surface area (Å²) in [6.07, 6.45) is 0. The molecule has 4 heteroatoms. The highest BCUT2D eigenvalue weighted by atomic mass is 32.3. The number of hydrogen-bond acceptors (Lipinski definition) is 3. The van der Waals surface area contributed by atoms with Gasteiger partial charge in [0.05, 0.1) is 11.5 Å². The fourth-order valence-electron chi connectivity index (χ4n) is 1.26. The first-order valence-corrected chi connectivity index (χ1v) is 5.87. The van der Waals surface area contributed by atoms with Gasteiger partial charge in [-0.05, 0) is 13.8 Å². The Bertz CT molecular complexity index is 128. The molecule has 1 saturated heterocycles. The molecule has 1 heterocycles. The average Bonchev–Trinajstić information content (AvgIpc) is 1.86. The zero-order valence-electron chi connectivity index (χ0n) is 7.16. The summed E-state index contributed by atoms with van der Waals surface area (Å²) in [5.74, 6) is 1.12. The summed E-state index contributed by atoms with van der Waals surface area (Å²) in [6.45, 7) is 5.94. The molecule has 0 bridgehead atoms. The third-order valence-electron chi connectivity index (χ3n) is 2.14. The largest absolute Gasteiger partial charge is 0.299 e. The van der Waals surface area contributed by atoms with Crippen molar-refractivity contribution in [2.75, 3.05) is 24.6 Å². The van der Waals surface area contributed by atoms with Crippen molar-refractivity contribution in [3.05, 3.63) is 0 Å². The molecule has 0 aliphatic carbocycles. The van der Waals surface area contributed by atoms with Crippen molar-refractivity contribution in [2.45, 2.75) is 19.9 Å². The van der Waals surface area contributed by atoms with Gasteiger partial charge in [-0.2, -0.15) is 10.6 Å². The lowest BCUT2D eigenvalue weighted by Gasteiger charge is -2.42. The highest BCUT2D eigenvalue weighted by Gasteiger charge is 2.23. The average molecular weight is 179 g/mol. The van der Waals surface area contributed by atoms with E-state index in [1.54, 1.807) is 0 Å². The summed E-state index contributed by atoms with van der Waals surface area (Å²) in [6, 6.07) is 0.533. The van der Waals surface area contributed by atoms with Crippen molar-refractivity contribution in [1.29, 1.82) is 0 Å². The lowest BCUT2D eigenvalue weighted by Crippen LogP contribution is -2.42. The number of nitrogens with zero attached hydrogens (tertiary/aromatic N) is 1. The molecule has 1 fully saturated rings. The predicted molar refractivity (Wildman–Crippen MR) is 49.3 cm³/mol. The van der Waals surface area contributed by atoms with E-state index < -0.39 is 10.6 Å². The summed E-state index contributed by atoms with van der Waals surface area (Å²) >= 11 is 0. The van der Waals surface area contributed by atoms with Crippen LogP contribution in [0.25, 0.3) is 0 Å². The van der Waals surface area contributed by atoms with Gasteiger partial charge in [0, 0.05) is 19.1 Å². The maximum atomic E-state index is 9.29. The molecule has 68 valence electrons. The van der Waals surface area contributed by atoms with Crippen LogP contribution in [0.3, 0.4) is 0 Å². The van der Waals surface area contributed by atoms with Gasteiger partial charge < -0.3 is 0 Å². The molecule has 0 unspecified atom stereocenters. The second-order valence-electron chi connectivity index (χ2n) is 3.34. The number of rotatable bonds is 1. The van der Waals surface area contributed by atoms with Gasteiger partial charge in [-0.1, -0.05) is 0 Å². The van der Waals surface area contributed by atoms with E-state index in [2.05, 4.69) is 18.7 Å². The molecule has 3 nitrogen and oxygen atoms in total. The van der Waals surface area contributed by atoms with Gasteiger partial charge in [0.2, 0.25) is 0 Å². The van der Waals surface area contributed by atoms with Crippen LogP contribution in [0.1, 0.15) is 13.8 Å². The molecule has 2 N–H and O–H groups in total. The summed E-state index contributed by atoms with van der Waals surface area (Å²) in [5.41, 5.74) is 0. The summed E-state index contributed by atoms with van der Waals surface area (Å²) in [5, 5.41) is 0. The molecule has 0 radical (unpaired) electrons. The van der Waals surface area contributed by atoms with Crippen LogP contribution in [0.15, 0.2) is 0 Å². The molecular formula is C7H17NO2S. The van der Waals surface area contributed by atoms with E-state index >= 15 is 0 Å². The third kappa shape index (κ3) is 2.63. The van der Waals surface area contributed by atoms with Gasteiger partial charge in [-0.3, -0.25) is 14.0 Å². The monoisotopic (exact) mass is 179 g/mol. The molecule has 0 saturated carbocycles. The molecule has 0 aromatic rings. The quantitative estimate of drug-likeness (QED) is 0.640. The van der Waals surface area contributed by atoms with Crippen molar-refractivity contribution < 1.29 is 9.11 Å². The smallest absolute Gasteiger partial charge is 0.0502 e. The Labute approximate surface area is 69.7 Å². The van der Waals surface area contributed by atoms with Gasteiger partial charge in [0.25, 0.3) is 0 Å². The Balaban J connectivity index is 2.36. The maximum Gasteiger partial charge on any atom is 0.0502 e. The Kier molecular flexibility index (Phi) is 2.80. The highest BCUT2D eigenvalue weighted by molar-refractivity contribution is 8.24. The van der Waals surface area contributed by atoms with E-state index in [1.807, 2.05) is 0 Å². The molecule has 1 aliphatic heterocycles. The van der Waals surface area contributed by atoms with Crippen LogP contribution >= 0.6 is 10.6 Å². The Morgan fingerprint density at radius 3 is 2.00 bits per heavy atom. The summed E-state index contributed by atoms with van der Waals surface area (Å²) in [7, 11) is -2.19. The first kappa shape index (κ1) is 9.32. The first-order chi connectivity index (χ1) is 5.01. The summed E-state index contributed by atoms with van der Waals surface area (Å²) < 4.78 is 18.6. The van der Waals surface area contributed by atoms with Gasteiger partial charge in [-0.15, -0.1) is 0 Å². The van der Waals surface area contributed by atoms with Gasteiger partial charge >= 0.3 is 0 Å². The van der Waals surface area contributed by atoms with Crippen LogP contribution in [0.2, 0.25) is 0 Å². The molecular weight excluding hydrogens is 162 g/mol. The van der Waals surface area contributed by atoms with Crippen LogP contribution < -0.4 is 0 Å². The molecule has 1 aliphatic rings. The molecule has 0 spiro atoms. The van der Waals surface area contributed by atoms with Gasteiger partial charge in [0.1, 0.15) is 0 Å². The van der Waals surface area contributed by atoms with Crippen LogP contribution in [0.5, 0.6) is 0 Å². The van der Waals surface area contributed by atoms with Crippen LogP contribution in [-0.2, 0) is 0 Å². The van der Waals surface area contributed by atoms with Crippen LogP contribution in [0.4, 0.5) is 0 Å². The van der Waals surface area contributed by atoms with Crippen molar-refractivity contribution >= 4 is 10.6 Å². The molecule has 0 atom stereocenters. The van der Waals surface area contributed by atoms with Crippen molar-refractivity contribution in [3.8, 4) is 0 Å². The van der Waals surface area contributed by atoms with Gasteiger partial charge in [0.15, 0.2) is 0 Å². The highest BCUT2D eigenvalue weighted by Crippen LogP contribution is 2.40. The molecule has 0 aromatic carbocycles. The minimum absolute atomic E-state index is 0.533. The SMILES string of the molecule is CC(C)N1CCS(O)(O)CC1. The summed E-state index contributed by atoms with van der Waals surface area (Å²) in [4.78, 5) is 2.28. The molecule has 0 aromatic heterocycles. The van der Waals surface area contributed by atoms with E-state index in [1.165, 1.54) is 0 Å². The van der Waals surface area contributed by atoms with Crippen molar-refractivity contribution in [1.82, 2.24) is 4.90 Å².